The number of benzene rings is 2. The fraction of sp³-hybridized carbons (Fsp3) is 0.227. The topological polar surface area (TPSA) is 23.6 Å². The van der Waals surface area contributed by atoms with Crippen molar-refractivity contribution >= 4 is 33.4 Å². The Hall–Kier alpha value is -2.43. The van der Waals surface area contributed by atoms with Gasteiger partial charge < -0.3 is 4.90 Å². The Bertz CT molecular complexity index is 908. The van der Waals surface area contributed by atoms with Gasteiger partial charge in [-0.15, -0.1) is 11.3 Å². The van der Waals surface area contributed by atoms with Crippen molar-refractivity contribution in [1.82, 2.24) is 9.80 Å². The summed E-state index contributed by atoms with van der Waals surface area (Å²) >= 11 is 1.81. The van der Waals surface area contributed by atoms with Crippen LogP contribution in [0.4, 0.5) is 0 Å². The van der Waals surface area contributed by atoms with Gasteiger partial charge in [0.2, 0.25) is 5.91 Å². The number of hydrogen-bond acceptors (Lipinski definition) is 3. The molecule has 1 aromatic heterocycles. The summed E-state index contributed by atoms with van der Waals surface area (Å²) in [6.07, 6.45) is 3.59. The third-order valence-electron chi connectivity index (χ3n) is 4.86. The number of rotatable bonds is 4. The summed E-state index contributed by atoms with van der Waals surface area (Å²) in [5, 5.41) is 3.63. The lowest BCUT2D eigenvalue weighted by molar-refractivity contribution is -0.127. The standard InChI is InChI=1S/C22H22N2OS/c25-22(11-10-18-6-2-1-3-7-18)24-14-12-23(13-15-24)16-19-17-26-21-9-5-4-8-20(19)21/h1-11,17H,12-16H2. The van der Waals surface area contributed by atoms with E-state index in [0.717, 1.165) is 38.3 Å². The second-order valence-electron chi connectivity index (χ2n) is 6.60. The normalized spacial score (nSPS) is 15.8. The average Bonchev–Trinajstić information content (AvgIpc) is 3.10. The highest BCUT2D eigenvalue weighted by Gasteiger charge is 2.20. The molecule has 0 atom stereocenters. The number of nitrogens with zero attached hydrogens (tertiary/aromatic N) is 2. The molecule has 1 aliphatic heterocycles. The van der Waals surface area contributed by atoms with Crippen LogP contribution in [0.2, 0.25) is 0 Å². The Balaban J connectivity index is 1.32. The number of carbonyl (C=O) groups excluding carboxylic acids is 1. The van der Waals surface area contributed by atoms with Crippen molar-refractivity contribution in [3.63, 3.8) is 0 Å². The maximum Gasteiger partial charge on any atom is 0.246 e. The number of carbonyl (C=O) groups is 1. The predicted molar refractivity (Wildman–Crippen MR) is 109 cm³/mol. The minimum atomic E-state index is 0.106. The van der Waals surface area contributed by atoms with Crippen LogP contribution in [0.1, 0.15) is 11.1 Å². The molecule has 132 valence electrons. The van der Waals surface area contributed by atoms with Gasteiger partial charge >= 0.3 is 0 Å². The quantitative estimate of drug-likeness (QED) is 0.648. The number of hydrogen-bond donors (Lipinski definition) is 0. The van der Waals surface area contributed by atoms with Crippen molar-refractivity contribution in [2.24, 2.45) is 0 Å². The highest BCUT2D eigenvalue weighted by atomic mass is 32.1. The molecule has 4 rings (SSSR count). The van der Waals surface area contributed by atoms with Crippen LogP contribution in [0.25, 0.3) is 16.2 Å². The first-order valence-corrected chi connectivity index (χ1v) is 9.87. The lowest BCUT2D eigenvalue weighted by atomic mass is 10.1. The van der Waals surface area contributed by atoms with E-state index in [1.54, 1.807) is 6.08 Å². The largest absolute Gasteiger partial charge is 0.337 e. The van der Waals surface area contributed by atoms with Crippen molar-refractivity contribution in [2.75, 3.05) is 26.2 Å². The van der Waals surface area contributed by atoms with Crippen molar-refractivity contribution in [1.29, 1.82) is 0 Å². The van der Waals surface area contributed by atoms with Crippen molar-refractivity contribution in [2.45, 2.75) is 6.54 Å². The first-order chi connectivity index (χ1) is 12.8. The van der Waals surface area contributed by atoms with Crippen molar-refractivity contribution in [3.8, 4) is 0 Å². The monoisotopic (exact) mass is 362 g/mol. The molecule has 3 nitrogen and oxygen atoms in total. The van der Waals surface area contributed by atoms with Gasteiger partial charge in [-0.3, -0.25) is 9.69 Å². The minimum absolute atomic E-state index is 0.106. The van der Waals surface area contributed by atoms with E-state index in [2.05, 4.69) is 34.5 Å². The van der Waals surface area contributed by atoms with E-state index >= 15 is 0 Å². The van der Waals surface area contributed by atoms with Gasteiger partial charge in [-0.1, -0.05) is 48.5 Å². The Morgan fingerprint density at radius 2 is 1.69 bits per heavy atom. The summed E-state index contributed by atoms with van der Waals surface area (Å²) in [6, 6.07) is 18.5. The zero-order valence-electron chi connectivity index (χ0n) is 14.7. The van der Waals surface area contributed by atoms with E-state index in [1.807, 2.05) is 52.6 Å². The molecule has 1 amide bonds. The molecule has 0 unspecified atom stereocenters. The smallest absolute Gasteiger partial charge is 0.246 e. The van der Waals surface area contributed by atoms with Gasteiger partial charge in [0.05, 0.1) is 0 Å². The van der Waals surface area contributed by atoms with E-state index in [-0.39, 0.29) is 5.91 Å². The first-order valence-electron chi connectivity index (χ1n) is 8.99. The third kappa shape index (κ3) is 3.87. The van der Waals surface area contributed by atoms with E-state index in [9.17, 15) is 4.79 Å². The molecule has 1 fully saturated rings. The molecular weight excluding hydrogens is 340 g/mol. The molecule has 0 radical (unpaired) electrons. The Labute approximate surface area is 158 Å². The van der Waals surface area contributed by atoms with Crippen molar-refractivity contribution in [3.05, 3.63) is 77.2 Å². The summed E-state index contributed by atoms with van der Waals surface area (Å²) < 4.78 is 1.35. The van der Waals surface area contributed by atoms with E-state index in [4.69, 9.17) is 0 Å². The van der Waals surface area contributed by atoms with Gasteiger partial charge in [-0.2, -0.15) is 0 Å². The first kappa shape index (κ1) is 17.0. The van der Waals surface area contributed by atoms with E-state index in [0.29, 0.717) is 0 Å². The fourth-order valence-electron chi connectivity index (χ4n) is 3.36. The molecule has 0 saturated carbocycles. The van der Waals surface area contributed by atoms with Gasteiger partial charge in [0, 0.05) is 43.5 Å². The van der Waals surface area contributed by atoms with Gasteiger partial charge in [0.1, 0.15) is 0 Å². The number of thiophene rings is 1. The number of piperazine rings is 1. The summed E-state index contributed by atoms with van der Waals surface area (Å²) in [5.74, 6) is 0.106. The second kappa shape index (κ2) is 7.85. The maximum atomic E-state index is 12.4. The molecule has 26 heavy (non-hydrogen) atoms. The molecule has 3 aromatic rings. The molecule has 4 heteroatoms. The van der Waals surface area contributed by atoms with Gasteiger partial charge in [0.15, 0.2) is 0 Å². The van der Waals surface area contributed by atoms with Crippen LogP contribution < -0.4 is 0 Å². The summed E-state index contributed by atoms with van der Waals surface area (Å²) in [7, 11) is 0. The van der Waals surface area contributed by atoms with Gasteiger partial charge in [-0.25, -0.2) is 0 Å². The van der Waals surface area contributed by atoms with Crippen LogP contribution >= 0.6 is 11.3 Å². The number of amides is 1. The minimum Gasteiger partial charge on any atom is -0.337 e. The van der Waals surface area contributed by atoms with E-state index in [1.165, 1.54) is 15.6 Å². The Kier molecular flexibility index (Phi) is 5.14. The molecule has 1 saturated heterocycles. The summed E-state index contributed by atoms with van der Waals surface area (Å²) in [5.41, 5.74) is 2.46. The summed E-state index contributed by atoms with van der Waals surface area (Å²) in [4.78, 5) is 16.8. The van der Waals surface area contributed by atoms with Gasteiger partial charge in [-0.05, 0) is 34.0 Å². The second-order valence-corrected chi connectivity index (χ2v) is 7.51. The van der Waals surface area contributed by atoms with Crippen LogP contribution in [0.3, 0.4) is 0 Å². The Morgan fingerprint density at radius 3 is 2.50 bits per heavy atom. The lowest BCUT2D eigenvalue weighted by Crippen LogP contribution is -2.47. The maximum absolute atomic E-state index is 12.4. The molecular formula is C22H22N2OS. The third-order valence-corrected chi connectivity index (χ3v) is 5.87. The van der Waals surface area contributed by atoms with Crippen LogP contribution in [0.5, 0.6) is 0 Å². The van der Waals surface area contributed by atoms with E-state index < -0.39 is 0 Å². The molecule has 0 aliphatic carbocycles. The molecule has 2 aromatic carbocycles. The highest BCUT2D eigenvalue weighted by Crippen LogP contribution is 2.26. The van der Waals surface area contributed by atoms with Crippen LogP contribution in [-0.4, -0.2) is 41.9 Å². The zero-order chi connectivity index (χ0) is 17.8. The molecule has 2 heterocycles. The fourth-order valence-corrected chi connectivity index (χ4v) is 4.31. The van der Waals surface area contributed by atoms with Crippen LogP contribution in [0.15, 0.2) is 66.1 Å². The van der Waals surface area contributed by atoms with Crippen molar-refractivity contribution < 1.29 is 4.79 Å². The zero-order valence-corrected chi connectivity index (χ0v) is 15.5. The highest BCUT2D eigenvalue weighted by molar-refractivity contribution is 7.17. The molecule has 0 N–H and O–H groups in total. The SMILES string of the molecule is O=C(C=Cc1ccccc1)N1CCN(Cc2csc3ccccc23)CC1. The number of fused-ring (bicyclic) bond motifs is 1. The average molecular weight is 362 g/mol. The van der Waals surface area contributed by atoms with Crippen LogP contribution in [-0.2, 0) is 11.3 Å². The van der Waals surface area contributed by atoms with Gasteiger partial charge in [0.25, 0.3) is 0 Å². The van der Waals surface area contributed by atoms with Crippen LogP contribution in [0, 0.1) is 0 Å². The Morgan fingerprint density at radius 1 is 0.962 bits per heavy atom. The molecule has 0 spiro atoms. The predicted octanol–water partition coefficient (Wildman–Crippen LogP) is 4.26. The lowest BCUT2D eigenvalue weighted by Gasteiger charge is -2.34. The molecule has 1 aliphatic rings. The summed E-state index contributed by atoms with van der Waals surface area (Å²) in [6.45, 7) is 4.40. The molecule has 0 bridgehead atoms.